The molecule has 0 radical (unpaired) electrons. The Morgan fingerprint density at radius 2 is 2.16 bits per heavy atom. The first-order valence-electron chi connectivity index (χ1n) is 6.49. The summed E-state index contributed by atoms with van der Waals surface area (Å²) in [6, 6.07) is 9.03. The van der Waals surface area contributed by atoms with Crippen molar-refractivity contribution < 1.29 is 9.59 Å². The van der Waals surface area contributed by atoms with Gasteiger partial charge in [0, 0.05) is 18.7 Å². The van der Waals surface area contributed by atoms with Crippen LogP contribution >= 0.6 is 0 Å². The van der Waals surface area contributed by atoms with Gasteiger partial charge in [0.2, 0.25) is 11.8 Å². The van der Waals surface area contributed by atoms with Crippen LogP contribution in [0.25, 0.3) is 0 Å². The zero-order valence-electron chi connectivity index (χ0n) is 10.8. The number of anilines is 1. The van der Waals surface area contributed by atoms with Crippen molar-refractivity contribution >= 4 is 17.5 Å². The topological polar surface area (TPSA) is 49.4 Å². The first-order chi connectivity index (χ1) is 9.22. The molecule has 1 saturated heterocycles. The third kappa shape index (κ3) is 3.22. The Balaban J connectivity index is 2.16. The van der Waals surface area contributed by atoms with E-state index in [4.69, 9.17) is 0 Å². The van der Waals surface area contributed by atoms with Crippen LogP contribution in [0.15, 0.2) is 43.0 Å². The van der Waals surface area contributed by atoms with Gasteiger partial charge in [0.25, 0.3) is 0 Å². The van der Waals surface area contributed by atoms with Crippen molar-refractivity contribution in [2.45, 2.75) is 25.3 Å². The van der Waals surface area contributed by atoms with Crippen molar-refractivity contribution in [2.24, 2.45) is 0 Å². The van der Waals surface area contributed by atoms with Crippen molar-refractivity contribution in [3.05, 3.63) is 43.0 Å². The van der Waals surface area contributed by atoms with E-state index < -0.39 is 6.04 Å². The lowest BCUT2D eigenvalue weighted by molar-refractivity contribution is -0.129. The van der Waals surface area contributed by atoms with Gasteiger partial charge in [-0.3, -0.25) is 9.59 Å². The molecule has 0 spiro atoms. The van der Waals surface area contributed by atoms with E-state index in [9.17, 15) is 9.59 Å². The Morgan fingerprint density at radius 1 is 1.42 bits per heavy atom. The van der Waals surface area contributed by atoms with E-state index in [2.05, 4.69) is 11.9 Å². The molecule has 19 heavy (non-hydrogen) atoms. The standard InChI is InChI=1S/C15H18N2O2/c1-2-11-17(12-7-4-3-5-8-12)15(19)13-9-6-10-14(18)16-13/h2-5,7-8,13H,1,6,9-11H2,(H,16,18). The van der Waals surface area contributed by atoms with Crippen molar-refractivity contribution in [3.63, 3.8) is 0 Å². The summed E-state index contributed by atoms with van der Waals surface area (Å²) < 4.78 is 0. The summed E-state index contributed by atoms with van der Waals surface area (Å²) in [4.78, 5) is 25.5. The van der Waals surface area contributed by atoms with Gasteiger partial charge >= 0.3 is 0 Å². The van der Waals surface area contributed by atoms with E-state index in [0.717, 1.165) is 12.1 Å². The van der Waals surface area contributed by atoms with Crippen LogP contribution in [0.4, 0.5) is 5.69 Å². The van der Waals surface area contributed by atoms with Crippen LogP contribution in [0.2, 0.25) is 0 Å². The van der Waals surface area contributed by atoms with Gasteiger partial charge < -0.3 is 10.2 Å². The molecule has 2 amide bonds. The number of carbonyl (C=O) groups excluding carboxylic acids is 2. The fourth-order valence-electron chi connectivity index (χ4n) is 2.24. The first-order valence-corrected chi connectivity index (χ1v) is 6.49. The number of rotatable bonds is 4. The van der Waals surface area contributed by atoms with Gasteiger partial charge in [-0.1, -0.05) is 24.3 Å². The van der Waals surface area contributed by atoms with Crippen LogP contribution in [-0.2, 0) is 9.59 Å². The molecule has 0 bridgehead atoms. The van der Waals surface area contributed by atoms with Crippen LogP contribution in [0.5, 0.6) is 0 Å². The molecule has 1 fully saturated rings. The number of piperidine rings is 1. The summed E-state index contributed by atoms with van der Waals surface area (Å²) in [5, 5.41) is 2.76. The number of carbonyl (C=O) groups is 2. The normalized spacial score (nSPS) is 18.5. The third-order valence-corrected chi connectivity index (χ3v) is 3.18. The van der Waals surface area contributed by atoms with Gasteiger partial charge in [0.05, 0.1) is 0 Å². The maximum absolute atomic E-state index is 12.5. The predicted molar refractivity (Wildman–Crippen MR) is 74.8 cm³/mol. The van der Waals surface area contributed by atoms with Crippen molar-refractivity contribution in [3.8, 4) is 0 Å². The third-order valence-electron chi connectivity index (χ3n) is 3.18. The highest BCUT2D eigenvalue weighted by Gasteiger charge is 2.28. The van der Waals surface area contributed by atoms with Crippen LogP contribution in [0.3, 0.4) is 0 Å². The summed E-state index contributed by atoms with van der Waals surface area (Å²) in [5.74, 6) is -0.115. The second-order valence-corrected chi connectivity index (χ2v) is 4.59. The highest BCUT2D eigenvalue weighted by molar-refractivity contribution is 5.99. The Labute approximate surface area is 113 Å². The summed E-state index contributed by atoms with van der Waals surface area (Å²) in [6.07, 6.45) is 3.66. The lowest BCUT2D eigenvalue weighted by Gasteiger charge is -2.29. The molecule has 0 saturated carbocycles. The minimum atomic E-state index is -0.415. The summed E-state index contributed by atoms with van der Waals surface area (Å²) in [7, 11) is 0. The number of nitrogens with zero attached hydrogens (tertiary/aromatic N) is 1. The molecular formula is C15H18N2O2. The summed E-state index contributed by atoms with van der Waals surface area (Å²) in [6.45, 7) is 4.13. The zero-order chi connectivity index (χ0) is 13.7. The zero-order valence-corrected chi connectivity index (χ0v) is 10.8. The van der Waals surface area contributed by atoms with Crippen molar-refractivity contribution in [2.75, 3.05) is 11.4 Å². The molecule has 4 heteroatoms. The smallest absolute Gasteiger partial charge is 0.249 e. The Kier molecular flexibility index (Phi) is 4.34. The van der Waals surface area contributed by atoms with Crippen molar-refractivity contribution in [1.29, 1.82) is 0 Å². The average Bonchev–Trinajstić information content (AvgIpc) is 2.45. The monoisotopic (exact) mass is 258 g/mol. The van der Waals surface area contributed by atoms with Gasteiger partial charge in [0.1, 0.15) is 6.04 Å². The maximum atomic E-state index is 12.5. The van der Waals surface area contributed by atoms with Gasteiger partial charge in [-0.05, 0) is 25.0 Å². The lowest BCUT2D eigenvalue weighted by Crippen LogP contribution is -2.50. The first kappa shape index (κ1) is 13.3. The number of nitrogens with one attached hydrogen (secondary N) is 1. The van der Waals surface area contributed by atoms with Gasteiger partial charge in [-0.25, -0.2) is 0 Å². The fourth-order valence-corrected chi connectivity index (χ4v) is 2.24. The second-order valence-electron chi connectivity index (χ2n) is 4.59. The van der Waals surface area contributed by atoms with E-state index in [0.29, 0.717) is 19.4 Å². The number of hydrogen-bond donors (Lipinski definition) is 1. The van der Waals surface area contributed by atoms with Gasteiger partial charge in [-0.15, -0.1) is 6.58 Å². The molecule has 1 N–H and O–H groups in total. The summed E-state index contributed by atoms with van der Waals surface area (Å²) in [5.41, 5.74) is 0.826. The maximum Gasteiger partial charge on any atom is 0.249 e. The van der Waals surface area contributed by atoms with E-state index in [-0.39, 0.29) is 11.8 Å². The fraction of sp³-hybridized carbons (Fsp3) is 0.333. The molecule has 1 unspecified atom stereocenters. The predicted octanol–water partition coefficient (Wildman–Crippen LogP) is 1.87. The molecule has 1 atom stereocenters. The van der Waals surface area contributed by atoms with Crippen LogP contribution in [-0.4, -0.2) is 24.4 Å². The van der Waals surface area contributed by atoms with Gasteiger partial charge in [0.15, 0.2) is 0 Å². The molecule has 1 aliphatic heterocycles. The highest BCUT2D eigenvalue weighted by Crippen LogP contribution is 2.17. The molecule has 100 valence electrons. The van der Waals surface area contributed by atoms with Crippen LogP contribution in [0, 0.1) is 0 Å². The number of benzene rings is 1. The lowest BCUT2D eigenvalue weighted by atomic mass is 10.0. The van der Waals surface area contributed by atoms with Crippen LogP contribution in [0.1, 0.15) is 19.3 Å². The minimum Gasteiger partial charge on any atom is -0.344 e. The SMILES string of the molecule is C=CCN(C(=O)C1CCCC(=O)N1)c1ccccc1. The van der Waals surface area contributed by atoms with E-state index in [1.165, 1.54) is 0 Å². The Bertz CT molecular complexity index is 470. The molecule has 1 aliphatic rings. The van der Waals surface area contributed by atoms with Crippen molar-refractivity contribution in [1.82, 2.24) is 5.32 Å². The molecular weight excluding hydrogens is 240 g/mol. The molecule has 4 nitrogen and oxygen atoms in total. The second kappa shape index (κ2) is 6.18. The number of amides is 2. The largest absolute Gasteiger partial charge is 0.344 e. The van der Waals surface area contributed by atoms with E-state index in [1.54, 1.807) is 11.0 Å². The summed E-state index contributed by atoms with van der Waals surface area (Å²) >= 11 is 0. The highest BCUT2D eigenvalue weighted by atomic mass is 16.2. The molecule has 1 aromatic rings. The quantitative estimate of drug-likeness (QED) is 0.838. The number of hydrogen-bond acceptors (Lipinski definition) is 2. The Morgan fingerprint density at radius 3 is 2.79 bits per heavy atom. The molecule has 1 heterocycles. The molecule has 2 rings (SSSR count). The Hall–Kier alpha value is -2.10. The van der Waals surface area contributed by atoms with E-state index in [1.807, 2.05) is 30.3 Å². The number of para-hydroxylation sites is 1. The van der Waals surface area contributed by atoms with E-state index >= 15 is 0 Å². The van der Waals surface area contributed by atoms with Gasteiger partial charge in [-0.2, -0.15) is 0 Å². The molecule has 0 aliphatic carbocycles. The van der Waals surface area contributed by atoms with Crippen LogP contribution < -0.4 is 10.2 Å². The molecule has 1 aromatic carbocycles. The minimum absolute atomic E-state index is 0.0452. The average molecular weight is 258 g/mol. The molecule has 0 aromatic heterocycles.